The average molecular weight is 431 g/mol. The minimum atomic E-state index is -4.48. The highest BCUT2D eigenvalue weighted by molar-refractivity contribution is 9.10. The number of nitrogens with one attached hydrogen (secondary N) is 2. The Kier molecular flexibility index (Phi) is 5.27. The van der Waals surface area contributed by atoms with E-state index in [0.29, 0.717) is 6.54 Å². The molecule has 3 rings (SSSR count). The maximum absolute atomic E-state index is 13.6. The predicted octanol–water partition coefficient (Wildman–Crippen LogP) is 4.45. The second-order valence-corrected chi connectivity index (χ2v) is 6.91. The zero-order valence-corrected chi connectivity index (χ0v) is 15.6. The number of anilines is 1. The molecule has 1 aromatic heterocycles. The van der Waals surface area contributed by atoms with Gasteiger partial charge in [0, 0.05) is 13.0 Å². The lowest BCUT2D eigenvalue weighted by molar-refractivity contribution is -0.173. The van der Waals surface area contributed by atoms with E-state index in [-0.39, 0.29) is 22.4 Å². The molecular formula is C17H18BrF3N4O. The first-order valence-electron chi connectivity index (χ1n) is 8.27. The van der Waals surface area contributed by atoms with Gasteiger partial charge in [-0.05, 0) is 27.9 Å². The summed E-state index contributed by atoms with van der Waals surface area (Å²) in [5.74, 6) is -0.339. The summed E-state index contributed by atoms with van der Waals surface area (Å²) in [6.45, 7) is 2.31. The van der Waals surface area contributed by atoms with E-state index >= 15 is 0 Å². The maximum atomic E-state index is 13.6. The fourth-order valence-electron chi connectivity index (χ4n) is 2.96. The number of hydrogen-bond acceptors (Lipinski definition) is 3. The van der Waals surface area contributed by atoms with Crippen molar-refractivity contribution in [2.45, 2.75) is 38.0 Å². The molecule has 1 aromatic carbocycles. The Hall–Kier alpha value is -2.03. The molecule has 0 unspecified atom stereocenters. The van der Waals surface area contributed by atoms with Crippen molar-refractivity contribution in [2.24, 2.45) is 0 Å². The van der Waals surface area contributed by atoms with Gasteiger partial charge in [-0.1, -0.05) is 37.3 Å². The summed E-state index contributed by atoms with van der Waals surface area (Å²) in [6, 6.07) is 6.58. The number of alkyl halides is 3. The molecule has 2 heterocycles. The fourth-order valence-corrected chi connectivity index (χ4v) is 3.52. The van der Waals surface area contributed by atoms with Gasteiger partial charge < -0.3 is 10.6 Å². The first-order valence-corrected chi connectivity index (χ1v) is 9.06. The molecular weight excluding hydrogens is 413 g/mol. The average Bonchev–Trinajstić information content (AvgIpc) is 2.95. The Labute approximate surface area is 157 Å². The highest BCUT2D eigenvalue weighted by Gasteiger charge is 2.47. The Morgan fingerprint density at radius 2 is 2.08 bits per heavy atom. The third-order valence-electron chi connectivity index (χ3n) is 4.25. The van der Waals surface area contributed by atoms with Crippen LogP contribution in [-0.2, 0) is 0 Å². The van der Waals surface area contributed by atoms with Gasteiger partial charge >= 0.3 is 6.18 Å². The Balaban J connectivity index is 2.01. The number of rotatable bonds is 4. The first-order chi connectivity index (χ1) is 12.3. The van der Waals surface area contributed by atoms with E-state index in [1.54, 1.807) is 24.3 Å². The summed E-state index contributed by atoms with van der Waals surface area (Å²) in [5.41, 5.74) is 0.696. The molecule has 9 heteroatoms. The minimum Gasteiger partial charge on any atom is -0.362 e. The Morgan fingerprint density at radius 3 is 2.69 bits per heavy atom. The monoisotopic (exact) mass is 430 g/mol. The maximum Gasteiger partial charge on any atom is 0.410 e. The molecule has 0 radical (unpaired) electrons. The molecule has 1 aliphatic heterocycles. The van der Waals surface area contributed by atoms with Crippen LogP contribution in [0.4, 0.5) is 19.0 Å². The quantitative estimate of drug-likeness (QED) is 0.753. The van der Waals surface area contributed by atoms with Gasteiger partial charge in [0.1, 0.15) is 5.82 Å². The van der Waals surface area contributed by atoms with Crippen molar-refractivity contribution in [2.75, 3.05) is 11.9 Å². The van der Waals surface area contributed by atoms with E-state index in [4.69, 9.17) is 0 Å². The number of carbonyl (C=O) groups excluding carboxylic acids is 1. The van der Waals surface area contributed by atoms with Gasteiger partial charge in [0.15, 0.2) is 11.7 Å². The van der Waals surface area contributed by atoms with Gasteiger partial charge in [-0.25, -0.2) is 4.68 Å². The second-order valence-electron chi connectivity index (χ2n) is 6.11. The van der Waals surface area contributed by atoms with Crippen LogP contribution in [0.15, 0.2) is 34.8 Å². The SMILES string of the molecule is CCCNC(=O)c1nn2c(c1Br)N[C@@H](c1ccccc1)C[C@@H]2C(F)(F)F. The van der Waals surface area contributed by atoms with Gasteiger partial charge in [-0.15, -0.1) is 0 Å². The number of fused-ring (bicyclic) bond motifs is 1. The number of nitrogens with zero attached hydrogens (tertiary/aromatic N) is 2. The highest BCUT2D eigenvalue weighted by Crippen LogP contribution is 2.46. The summed E-state index contributed by atoms with van der Waals surface area (Å²) in [7, 11) is 0. The molecule has 0 aliphatic carbocycles. The molecule has 0 bridgehead atoms. The number of halogens is 4. The summed E-state index contributed by atoms with van der Waals surface area (Å²) in [5, 5.41) is 9.68. The summed E-state index contributed by atoms with van der Waals surface area (Å²) in [6.07, 6.45) is -3.96. The van der Waals surface area contributed by atoms with Gasteiger partial charge in [0.2, 0.25) is 0 Å². The lowest BCUT2D eigenvalue weighted by Crippen LogP contribution is -2.36. The minimum absolute atomic E-state index is 0.0519. The zero-order chi connectivity index (χ0) is 18.9. The third-order valence-corrected chi connectivity index (χ3v) is 5.00. The second kappa shape index (κ2) is 7.30. The third kappa shape index (κ3) is 3.58. The van der Waals surface area contributed by atoms with E-state index in [9.17, 15) is 18.0 Å². The van der Waals surface area contributed by atoms with Crippen molar-refractivity contribution in [3.05, 3.63) is 46.1 Å². The lowest BCUT2D eigenvalue weighted by Gasteiger charge is -2.33. The molecule has 26 heavy (non-hydrogen) atoms. The van der Waals surface area contributed by atoms with Crippen LogP contribution in [0.2, 0.25) is 0 Å². The molecule has 1 amide bonds. The summed E-state index contributed by atoms with van der Waals surface area (Å²) >= 11 is 3.25. The van der Waals surface area contributed by atoms with Crippen LogP contribution in [0.5, 0.6) is 0 Å². The molecule has 2 atom stereocenters. The zero-order valence-electron chi connectivity index (χ0n) is 14.0. The molecule has 140 valence electrons. The van der Waals surface area contributed by atoms with Crippen LogP contribution >= 0.6 is 15.9 Å². The fraction of sp³-hybridized carbons (Fsp3) is 0.412. The van der Waals surface area contributed by atoms with Crippen LogP contribution in [0.1, 0.15) is 47.9 Å². The summed E-state index contributed by atoms with van der Waals surface area (Å²) < 4.78 is 42.1. The molecule has 0 saturated heterocycles. The highest BCUT2D eigenvalue weighted by atomic mass is 79.9. The van der Waals surface area contributed by atoms with Crippen LogP contribution in [0.25, 0.3) is 0 Å². The van der Waals surface area contributed by atoms with Crippen molar-refractivity contribution in [1.29, 1.82) is 0 Å². The van der Waals surface area contributed by atoms with E-state index in [1.807, 2.05) is 13.0 Å². The van der Waals surface area contributed by atoms with Crippen molar-refractivity contribution in [3.8, 4) is 0 Å². The Morgan fingerprint density at radius 1 is 1.38 bits per heavy atom. The smallest absolute Gasteiger partial charge is 0.362 e. The van der Waals surface area contributed by atoms with E-state index in [1.165, 1.54) is 0 Å². The van der Waals surface area contributed by atoms with Crippen LogP contribution in [0, 0.1) is 0 Å². The topological polar surface area (TPSA) is 59.0 Å². The standard InChI is InChI=1S/C17H18BrF3N4O/c1-2-8-22-16(26)14-13(18)15-23-11(10-6-4-3-5-7-10)9-12(17(19,20)21)25(15)24-14/h3-7,11-12,23H,2,8-9H2,1H3,(H,22,26)/t11-,12-/m1/s1. The Bertz CT molecular complexity index is 791. The molecule has 0 saturated carbocycles. The molecule has 5 nitrogen and oxygen atoms in total. The number of hydrogen-bond donors (Lipinski definition) is 2. The van der Waals surface area contributed by atoms with E-state index in [0.717, 1.165) is 16.7 Å². The molecule has 1 aliphatic rings. The van der Waals surface area contributed by atoms with Gasteiger partial charge in [-0.3, -0.25) is 4.79 Å². The van der Waals surface area contributed by atoms with Crippen molar-refractivity contribution in [1.82, 2.24) is 15.1 Å². The van der Waals surface area contributed by atoms with Crippen LogP contribution < -0.4 is 10.6 Å². The summed E-state index contributed by atoms with van der Waals surface area (Å²) in [4.78, 5) is 12.2. The lowest BCUT2D eigenvalue weighted by atomic mass is 9.97. The number of aromatic nitrogens is 2. The van der Waals surface area contributed by atoms with Crippen molar-refractivity contribution in [3.63, 3.8) is 0 Å². The van der Waals surface area contributed by atoms with Crippen molar-refractivity contribution < 1.29 is 18.0 Å². The van der Waals surface area contributed by atoms with E-state index in [2.05, 4.69) is 31.7 Å². The van der Waals surface area contributed by atoms with E-state index < -0.39 is 24.2 Å². The number of benzene rings is 1. The van der Waals surface area contributed by atoms with Gasteiger partial charge in [0.25, 0.3) is 5.91 Å². The molecule has 0 spiro atoms. The first kappa shape index (κ1) is 18.8. The van der Waals surface area contributed by atoms with Crippen molar-refractivity contribution >= 4 is 27.7 Å². The van der Waals surface area contributed by atoms with Crippen LogP contribution in [0.3, 0.4) is 0 Å². The largest absolute Gasteiger partial charge is 0.410 e. The normalized spacial score (nSPS) is 19.6. The predicted molar refractivity (Wildman–Crippen MR) is 95.1 cm³/mol. The number of carbonyl (C=O) groups is 1. The number of amides is 1. The molecule has 2 aromatic rings. The van der Waals surface area contributed by atoms with Gasteiger partial charge in [-0.2, -0.15) is 18.3 Å². The molecule has 0 fully saturated rings. The molecule has 2 N–H and O–H groups in total. The van der Waals surface area contributed by atoms with Gasteiger partial charge in [0.05, 0.1) is 10.5 Å². The van der Waals surface area contributed by atoms with Crippen LogP contribution in [-0.4, -0.2) is 28.4 Å².